The molecule has 0 amide bonds. The van der Waals surface area contributed by atoms with E-state index in [1.54, 1.807) is 0 Å². The lowest BCUT2D eigenvalue weighted by molar-refractivity contribution is -0.168. The Morgan fingerprint density at radius 3 is 2.38 bits per heavy atom. The quantitative estimate of drug-likeness (QED) is 0.790. The highest BCUT2D eigenvalue weighted by atomic mass is 19.3. The van der Waals surface area contributed by atoms with Crippen molar-refractivity contribution in [3.63, 3.8) is 0 Å². The van der Waals surface area contributed by atoms with Crippen molar-refractivity contribution < 1.29 is 22.3 Å². The molecule has 0 aliphatic carbocycles. The molecule has 0 saturated heterocycles. The first-order valence-electron chi connectivity index (χ1n) is 4.22. The van der Waals surface area contributed by atoms with Gasteiger partial charge in [0, 0.05) is 0 Å². The minimum absolute atomic E-state index is 0.0965. The lowest BCUT2D eigenvalue weighted by Crippen LogP contribution is -2.32. The second-order valence-electron chi connectivity index (χ2n) is 2.99. The second-order valence-corrected chi connectivity index (χ2v) is 2.99. The molecule has 1 aromatic heterocycles. The molecule has 4 nitrogen and oxygen atoms in total. The maximum absolute atomic E-state index is 12.4. The number of nitrogens with zero attached hydrogens (tertiary/aromatic N) is 2. The smallest absolute Gasteiger partial charge is 0.330 e. The first-order valence-corrected chi connectivity index (χ1v) is 4.22. The highest BCUT2D eigenvalue weighted by molar-refractivity contribution is 5.29. The summed E-state index contributed by atoms with van der Waals surface area (Å²) < 4.78 is 52.6. The minimum Gasteiger partial charge on any atom is -0.396 e. The normalized spacial score (nSPS) is 12.1. The number of rotatable bonds is 5. The molecule has 8 heteroatoms. The standard InChI is InChI=1S/C8H9F4N3O/c9-7(10)8(11,12)4-16-3-6-14-1-5(13)2-15-6/h1-2,7H,3-4,13H2. The maximum atomic E-state index is 12.4. The molecule has 16 heavy (non-hydrogen) atoms. The fourth-order valence-electron chi connectivity index (χ4n) is 0.781. The van der Waals surface area contributed by atoms with Crippen molar-refractivity contribution in [1.82, 2.24) is 9.97 Å². The van der Waals surface area contributed by atoms with Gasteiger partial charge in [0.2, 0.25) is 0 Å². The Kier molecular flexibility index (Phi) is 3.99. The number of hydrogen-bond acceptors (Lipinski definition) is 4. The van der Waals surface area contributed by atoms with Gasteiger partial charge in [0.25, 0.3) is 0 Å². The zero-order valence-corrected chi connectivity index (χ0v) is 8.04. The van der Waals surface area contributed by atoms with Gasteiger partial charge in [-0.15, -0.1) is 0 Å². The van der Waals surface area contributed by atoms with Gasteiger partial charge in [0.05, 0.1) is 18.1 Å². The molecule has 0 saturated carbocycles. The summed E-state index contributed by atoms with van der Waals surface area (Å²) in [7, 11) is 0. The molecule has 0 radical (unpaired) electrons. The molecule has 2 N–H and O–H groups in total. The summed E-state index contributed by atoms with van der Waals surface area (Å²) in [5.74, 6) is -4.06. The van der Waals surface area contributed by atoms with E-state index in [1.165, 1.54) is 12.4 Å². The van der Waals surface area contributed by atoms with Crippen LogP contribution in [0.25, 0.3) is 0 Å². The molecule has 0 atom stereocenters. The van der Waals surface area contributed by atoms with Crippen molar-refractivity contribution in [2.75, 3.05) is 12.3 Å². The van der Waals surface area contributed by atoms with E-state index < -0.39 is 19.0 Å². The highest BCUT2D eigenvalue weighted by Gasteiger charge is 2.40. The van der Waals surface area contributed by atoms with Crippen molar-refractivity contribution in [2.45, 2.75) is 19.0 Å². The summed E-state index contributed by atoms with van der Waals surface area (Å²) in [4.78, 5) is 7.30. The summed E-state index contributed by atoms with van der Waals surface area (Å²) in [6.45, 7) is -1.75. The number of alkyl halides is 4. The molecule has 1 heterocycles. The highest BCUT2D eigenvalue weighted by Crippen LogP contribution is 2.23. The van der Waals surface area contributed by atoms with Gasteiger partial charge in [-0.05, 0) is 0 Å². The van der Waals surface area contributed by atoms with Crippen LogP contribution in [0.3, 0.4) is 0 Å². The first kappa shape index (κ1) is 12.6. The van der Waals surface area contributed by atoms with Crippen LogP contribution in [0.1, 0.15) is 5.82 Å². The molecule has 0 aliphatic rings. The van der Waals surface area contributed by atoms with E-state index in [2.05, 4.69) is 14.7 Å². The third kappa shape index (κ3) is 3.61. The van der Waals surface area contributed by atoms with Crippen LogP contribution in [0.15, 0.2) is 12.4 Å². The van der Waals surface area contributed by atoms with E-state index in [1.807, 2.05) is 0 Å². The van der Waals surface area contributed by atoms with Crippen molar-refractivity contribution in [3.05, 3.63) is 18.2 Å². The van der Waals surface area contributed by atoms with Gasteiger partial charge in [-0.3, -0.25) is 0 Å². The van der Waals surface area contributed by atoms with Crippen molar-refractivity contribution in [2.24, 2.45) is 0 Å². The van der Waals surface area contributed by atoms with Gasteiger partial charge < -0.3 is 10.5 Å². The molecule has 0 aromatic carbocycles. The first-order chi connectivity index (χ1) is 7.42. The summed E-state index contributed by atoms with van der Waals surface area (Å²) in [5, 5.41) is 0. The average Bonchev–Trinajstić information content (AvgIpc) is 2.20. The number of ether oxygens (including phenoxy) is 1. The number of hydrogen-bond donors (Lipinski definition) is 1. The third-order valence-electron chi connectivity index (χ3n) is 1.57. The predicted octanol–water partition coefficient (Wildman–Crippen LogP) is 1.48. The topological polar surface area (TPSA) is 61.0 Å². The van der Waals surface area contributed by atoms with Crippen LogP contribution in [0.5, 0.6) is 0 Å². The lowest BCUT2D eigenvalue weighted by atomic mass is 10.4. The summed E-state index contributed by atoms with van der Waals surface area (Å²) in [5.41, 5.74) is 5.59. The van der Waals surface area contributed by atoms with Crippen LogP contribution in [-0.2, 0) is 11.3 Å². The van der Waals surface area contributed by atoms with Crippen LogP contribution in [0.2, 0.25) is 0 Å². The summed E-state index contributed by atoms with van der Waals surface area (Å²) >= 11 is 0. The fraction of sp³-hybridized carbons (Fsp3) is 0.500. The Morgan fingerprint density at radius 2 is 1.88 bits per heavy atom. The molecular formula is C8H9F4N3O. The molecule has 0 spiro atoms. The number of anilines is 1. The molecule has 0 unspecified atom stereocenters. The van der Waals surface area contributed by atoms with Crippen molar-refractivity contribution >= 4 is 5.69 Å². The lowest BCUT2D eigenvalue weighted by Gasteiger charge is -2.14. The summed E-state index contributed by atoms with van der Waals surface area (Å²) in [6.07, 6.45) is -1.23. The molecular weight excluding hydrogens is 230 g/mol. The summed E-state index contributed by atoms with van der Waals surface area (Å²) in [6, 6.07) is 0. The maximum Gasteiger partial charge on any atom is 0.330 e. The third-order valence-corrected chi connectivity index (χ3v) is 1.57. The molecule has 1 aromatic rings. The Hall–Kier alpha value is -1.44. The minimum atomic E-state index is -4.16. The van der Waals surface area contributed by atoms with Gasteiger partial charge in [0.1, 0.15) is 13.2 Å². The second kappa shape index (κ2) is 5.06. The monoisotopic (exact) mass is 239 g/mol. The van der Waals surface area contributed by atoms with Gasteiger partial charge in [-0.2, -0.15) is 8.78 Å². The number of halogens is 4. The van der Waals surface area contributed by atoms with Crippen LogP contribution >= 0.6 is 0 Å². The van der Waals surface area contributed by atoms with Gasteiger partial charge >= 0.3 is 12.3 Å². The molecule has 0 aliphatic heterocycles. The van der Waals surface area contributed by atoms with E-state index in [4.69, 9.17) is 5.73 Å². The molecule has 90 valence electrons. The zero-order chi connectivity index (χ0) is 12.2. The molecule has 0 fully saturated rings. The Labute approximate surface area is 88.4 Å². The predicted molar refractivity (Wildman–Crippen MR) is 47.1 cm³/mol. The van der Waals surface area contributed by atoms with E-state index in [0.29, 0.717) is 5.69 Å². The van der Waals surface area contributed by atoms with Crippen LogP contribution in [0.4, 0.5) is 23.2 Å². The average molecular weight is 239 g/mol. The number of nitrogen functional groups attached to an aromatic ring is 1. The van der Waals surface area contributed by atoms with E-state index in [9.17, 15) is 17.6 Å². The number of aromatic nitrogens is 2. The Balaban J connectivity index is 2.39. The van der Waals surface area contributed by atoms with Crippen LogP contribution < -0.4 is 5.73 Å². The van der Waals surface area contributed by atoms with Crippen LogP contribution in [-0.4, -0.2) is 28.9 Å². The Bertz CT molecular complexity index is 331. The van der Waals surface area contributed by atoms with E-state index in [0.717, 1.165) is 0 Å². The van der Waals surface area contributed by atoms with Crippen LogP contribution in [0, 0.1) is 0 Å². The van der Waals surface area contributed by atoms with Gasteiger partial charge in [-0.25, -0.2) is 18.7 Å². The number of nitrogens with two attached hydrogens (primary N) is 1. The van der Waals surface area contributed by atoms with E-state index >= 15 is 0 Å². The van der Waals surface area contributed by atoms with Crippen molar-refractivity contribution in [3.8, 4) is 0 Å². The molecule has 1 rings (SSSR count). The fourth-order valence-corrected chi connectivity index (χ4v) is 0.781. The van der Waals surface area contributed by atoms with Crippen molar-refractivity contribution in [1.29, 1.82) is 0 Å². The van der Waals surface area contributed by atoms with E-state index in [-0.39, 0.29) is 12.4 Å². The Morgan fingerprint density at radius 1 is 1.31 bits per heavy atom. The SMILES string of the molecule is Nc1cnc(COCC(F)(F)C(F)F)nc1. The van der Waals surface area contributed by atoms with Gasteiger partial charge in [-0.1, -0.05) is 0 Å². The zero-order valence-electron chi connectivity index (χ0n) is 8.04. The largest absolute Gasteiger partial charge is 0.396 e. The van der Waals surface area contributed by atoms with Gasteiger partial charge in [0.15, 0.2) is 5.82 Å². The molecule has 0 bridgehead atoms.